The highest BCUT2D eigenvalue weighted by Crippen LogP contribution is 2.36. The summed E-state index contributed by atoms with van der Waals surface area (Å²) in [6.07, 6.45) is -9.64. The third-order valence-electron chi connectivity index (χ3n) is 4.80. The van der Waals surface area contributed by atoms with Gasteiger partial charge in [-0.15, -0.1) is 0 Å². The van der Waals surface area contributed by atoms with Gasteiger partial charge in [-0.1, -0.05) is 24.3 Å². The van der Waals surface area contributed by atoms with E-state index in [0.29, 0.717) is 24.3 Å². The fourth-order valence-electron chi connectivity index (χ4n) is 3.07. The maximum absolute atomic E-state index is 12.6. The molecule has 0 amide bonds. The van der Waals surface area contributed by atoms with Gasteiger partial charge in [0.1, 0.15) is 10.5 Å². The Hall–Kier alpha value is -2.69. The first-order valence-electron chi connectivity index (χ1n) is 8.38. The van der Waals surface area contributed by atoms with E-state index < -0.39 is 61.8 Å². The number of hydrogen-bond donors (Lipinski definition) is 0. The molecule has 2 aromatic carbocycles. The topological polar surface area (TPSA) is 68.3 Å². The Morgan fingerprint density at radius 2 is 0.967 bits per heavy atom. The van der Waals surface area contributed by atoms with Crippen LogP contribution in [0.3, 0.4) is 0 Å². The second-order valence-corrected chi connectivity index (χ2v) is 9.00. The van der Waals surface area contributed by atoms with Crippen LogP contribution in [0.25, 0.3) is 0 Å². The van der Waals surface area contributed by atoms with Crippen molar-refractivity contribution in [3.63, 3.8) is 0 Å². The van der Waals surface area contributed by atoms with Crippen LogP contribution in [0.15, 0.2) is 48.5 Å². The molecule has 0 unspecified atom stereocenters. The summed E-state index contributed by atoms with van der Waals surface area (Å²) in [6.45, 7) is 0. The predicted molar refractivity (Wildman–Crippen MR) is 92.7 cm³/mol. The van der Waals surface area contributed by atoms with Crippen LogP contribution in [-0.2, 0) is 22.2 Å². The fourth-order valence-corrected chi connectivity index (χ4v) is 4.90. The number of sulfone groups is 1. The standard InChI is InChI=1S/C19H12F6O4S/c20-18(21,22)12-5-1-10(2-6-12)16(26)14-9-15(30(14,28)29)17(27)11-3-7-13(8-4-11)19(23,24)25/h1-8,14-15H,9H2/t14-,15-/m0/s1. The lowest BCUT2D eigenvalue weighted by Gasteiger charge is -2.33. The maximum atomic E-state index is 12.6. The lowest BCUT2D eigenvalue weighted by atomic mass is 9.98. The first-order valence-corrected chi connectivity index (χ1v) is 9.99. The molecule has 0 spiro atoms. The highest BCUT2D eigenvalue weighted by Gasteiger charge is 2.54. The summed E-state index contributed by atoms with van der Waals surface area (Å²) in [5, 5.41) is -3.20. The average molecular weight is 450 g/mol. The van der Waals surface area contributed by atoms with Gasteiger partial charge in [-0.25, -0.2) is 8.42 Å². The van der Waals surface area contributed by atoms with Crippen molar-refractivity contribution in [3.05, 3.63) is 70.8 Å². The van der Waals surface area contributed by atoms with Crippen LogP contribution in [0.1, 0.15) is 38.3 Å². The Labute approximate surface area is 166 Å². The predicted octanol–water partition coefficient (Wildman–Crippen LogP) is 4.35. The zero-order valence-corrected chi connectivity index (χ0v) is 15.6. The Morgan fingerprint density at radius 3 is 1.20 bits per heavy atom. The molecule has 1 saturated heterocycles. The van der Waals surface area contributed by atoms with E-state index in [-0.39, 0.29) is 11.1 Å². The lowest BCUT2D eigenvalue weighted by Crippen LogP contribution is -2.54. The molecular weight excluding hydrogens is 438 g/mol. The molecule has 0 bridgehead atoms. The zero-order chi connectivity index (χ0) is 22.5. The molecular formula is C19H12F6O4S. The van der Waals surface area contributed by atoms with Crippen molar-refractivity contribution in [3.8, 4) is 0 Å². The van der Waals surface area contributed by atoms with E-state index in [2.05, 4.69) is 0 Å². The molecule has 2 aromatic rings. The van der Waals surface area contributed by atoms with Crippen LogP contribution in [0.2, 0.25) is 0 Å². The van der Waals surface area contributed by atoms with Gasteiger partial charge in [-0.2, -0.15) is 26.3 Å². The SMILES string of the molecule is O=C(c1ccc(C(F)(F)F)cc1)[C@@H]1C[C@@H](C(=O)c2ccc(C(F)(F)F)cc2)S1(=O)=O. The van der Waals surface area contributed by atoms with Crippen molar-refractivity contribution in [2.45, 2.75) is 29.3 Å². The van der Waals surface area contributed by atoms with E-state index in [4.69, 9.17) is 0 Å². The molecule has 11 heteroatoms. The number of carbonyl (C=O) groups is 2. The third-order valence-corrected chi connectivity index (χ3v) is 7.20. The van der Waals surface area contributed by atoms with E-state index in [0.717, 1.165) is 24.3 Å². The van der Waals surface area contributed by atoms with Gasteiger partial charge in [0.15, 0.2) is 21.4 Å². The van der Waals surface area contributed by atoms with Gasteiger partial charge in [0.25, 0.3) is 0 Å². The maximum Gasteiger partial charge on any atom is 0.416 e. The van der Waals surface area contributed by atoms with E-state index in [1.165, 1.54) is 0 Å². The van der Waals surface area contributed by atoms with Crippen LogP contribution in [0.4, 0.5) is 26.3 Å². The molecule has 1 fully saturated rings. The number of Topliss-reactive ketones (excluding diaryl/α,β-unsaturated/α-hetero) is 2. The molecule has 3 rings (SSSR count). The van der Waals surface area contributed by atoms with Crippen LogP contribution in [0, 0.1) is 0 Å². The lowest BCUT2D eigenvalue weighted by molar-refractivity contribution is -0.138. The van der Waals surface area contributed by atoms with Crippen LogP contribution in [0.5, 0.6) is 0 Å². The van der Waals surface area contributed by atoms with Gasteiger partial charge in [0.05, 0.1) is 11.1 Å². The largest absolute Gasteiger partial charge is 0.416 e. The minimum Gasteiger partial charge on any atom is -0.293 e. The molecule has 0 radical (unpaired) electrons. The molecule has 1 aliphatic heterocycles. The van der Waals surface area contributed by atoms with Gasteiger partial charge in [0.2, 0.25) is 0 Å². The van der Waals surface area contributed by atoms with E-state index in [9.17, 15) is 44.3 Å². The normalized spacial score (nSPS) is 21.0. The molecule has 160 valence electrons. The Balaban J connectivity index is 1.75. The van der Waals surface area contributed by atoms with Crippen LogP contribution < -0.4 is 0 Å². The minimum absolute atomic E-state index is 0.253. The molecule has 0 aliphatic carbocycles. The van der Waals surface area contributed by atoms with Crippen molar-refractivity contribution < 1.29 is 44.3 Å². The second-order valence-electron chi connectivity index (χ2n) is 6.68. The quantitative estimate of drug-likeness (QED) is 0.513. The highest BCUT2D eigenvalue weighted by molar-refractivity contribution is 7.95. The number of benzene rings is 2. The van der Waals surface area contributed by atoms with Crippen molar-refractivity contribution in [1.82, 2.24) is 0 Å². The van der Waals surface area contributed by atoms with Crippen molar-refractivity contribution >= 4 is 21.4 Å². The molecule has 4 nitrogen and oxygen atoms in total. The van der Waals surface area contributed by atoms with E-state index >= 15 is 0 Å². The summed E-state index contributed by atoms with van der Waals surface area (Å²) in [7, 11) is -4.28. The Kier molecular flexibility index (Phi) is 5.30. The Morgan fingerprint density at radius 1 is 0.667 bits per heavy atom. The van der Waals surface area contributed by atoms with E-state index in [1.54, 1.807) is 0 Å². The third kappa shape index (κ3) is 3.98. The molecule has 0 aromatic heterocycles. The highest BCUT2D eigenvalue weighted by atomic mass is 32.2. The molecule has 30 heavy (non-hydrogen) atoms. The van der Waals surface area contributed by atoms with Gasteiger partial charge in [-0.3, -0.25) is 9.59 Å². The van der Waals surface area contributed by atoms with Gasteiger partial charge in [0, 0.05) is 11.1 Å². The van der Waals surface area contributed by atoms with Crippen molar-refractivity contribution in [2.75, 3.05) is 0 Å². The second kappa shape index (κ2) is 7.22. The Bertz CT molecular complexity index is 1000. The number of ketones is 2. The summed E-state index contributed by atoms with van der Waals surface area (Å²) in [6, 6.07) is 5.98. The number of rotatable bonds is 4. The number of alkyl halides is 6. The first-order chi connectivity index (χ1) is 13.7. The zero-order valence-electron chi connectivity index (χ0n) is 14.8. The van der Waals surface area contributed by atoms with E-state index in [1.807, 2.05) is 0 Å². The monoisotopic (exact) mass is 450 g/mol. The first kappa shape index (κ1) is 22.0. The number of hydrogen-bond acceptors (Lipinski definition) is 4. The average Bonchev–Trinajstić information content (AvgIpc) is 2.65. The number of carbonyl (C=O) groups excluding carboxylic acids is 2. The summed E-state index contributed by atoms with van der Waals surface area (Å²) in [4.78, 5) is 24.7. The molecule has 1 aliphatic rings. The molecule has 1 heterocycles. The van der Waals surface area contributed by atoms with Gasteiger partial charge in [-0.05, 0) is 30.7 Å². The van der Waals surface area contributed by atoms with Gasteiger partial charge < -0.3 is 0 Å². The van der Waals surface area contributed by atoms with Gasteiger partial charge >= 0.3 is 12.4 Å². The van der Waals surface area contributed by atoms with Crippen molar-refractivity contribution in [1.29, 1.82) is 0 Å². The molecule has 0 saturated carbocycles. The van der Waals surface area contributed by atoms with Crippen LogP contribution >= 0.6 is 0 Å². The molecule has 2 atom stereocenters. The summed E-state index contributed by atoms with van der Waals surface area (Å²) < 4.78 is 100. The smallest absolute Gasteiger partial charge is 0.293 e. The minimum atomic E-state index is -4.62. The fraction of sp³-hybridized carbons (Fsp3) is 0.263. The summed E-state index contributed by atoms with van der Waals surface area (Å²) >= 11 is 0. The summed E-state index contributed by atoms with van der Waals surface area (Å²) in [5.41, 5.74) is -2.52. The van der Waals surface area contributed by atoms with Crippen LogP contribution in [-0.4, -0.2) is 30.5 Å². The molecule has 0 N–H and O–H groups in total. The number of halogens is 6. The summed E-state index contributed by atoms with van der Waals surface area (Å²) in [5.74, 6) is -1.89. The van der Waals surface area contributed by atoms with Crippen molar-refractivity contribution in [2.24, 2.45) is 0 Å².